The van der Waals surface area contributed by atoms with Gasteiger partial charge in [0, 0.05) is 11.4 Å². The molecule has 0 aliphatic rings. The van der Waals surface area contributed by atoms with Gasteiger partial charge in [0.2, 0.25) is 0 Å². The summed E-state index contributed by atoms with van der Waals surface area (Å²) in [5.41, 5.74) is 0.561. The van der Waals surface area contributed by atoms with E-state index < -0.39 is 6.10 Å². The van der Waals surface area contributed by atoms with Gasteiger partial charge < -0.3 is 10.4 Å². The predicted molar refractivity (Wildman–Crippen MR) is 85.3 cm³/mol. The molecule has 0 fully saturated rings. The fraction of sp³-hybridized carbons (Fsp3) is 0.562. The molecule has 1 rings (SSSR count). The van der Waals surface area contributed by atoms with E-state index in [0.717, 1.165) is 10.6 Å². The standard InChI is InChI=1S/C16H25NO2S/c1-5-20-13-9-7-6-8-12(13)15(19)17-11-10-14(18)16(2,3)4/h6-9,14,18H,5,10-11H2,1-4H3,(H,17,19). The monoisotopic (exact) mass is 295 g/mol. The van der Waals surface area contributed by atoms with Crippen LogP contribution in [0.3, 0.4) is 0 Å². The van der Waals surface area contributed by atoms with Gasteiger partial charge in [-0.2, -0.15) is 0 Å². The highest BCUT2D eigenvalue weighted by Gasteiger charge is 2.21. The van der Waals surface area contributed by atoms with Gasteiger partial charge >= 0.3 is 0 Å². The first-order valence-corrected chi connectivity index (χ1v) is 8.03. The minimum atomic E-state index is -0.414. The molecule has 112 valence electrons. The van der Waals surface area contributed by atoms with Gasteiger partial charge in [-0.1, -0.05) is 39.8 Å². The molecule has 0 saturated heterocycles. The van der Waals surface area contributed by atoms with Crippen LogP contribution in [0.5, 0.6) is 0 Å². The number of hydrogen-bond donors (Lipinski definition) is 2. The highest BCUT2D eigenvalue weighted by atomic mass is 32.2. The Balaban J connectivity index is 2.55. The lowest BCUT2D eigenvalue weighted by Crippen LogP contribution is -2.32. The van der Waals surface area contributed by atoms with E-state index in [9.17, 15) is 9.90 Å². The Bertz CT molecular complexity index is 440. The van der Waals surface area contributed by atoms with Crippen molar-refractivity contribution in [2.24, 2.45) is 5.41 Å². The van der Waals surface area contributed by atoms with E-state index in [-0.39, 0.29) is 11.3 Å². The van der Waals surface area contributed by atoms with E-state index in [1.54, 1.807) is 11.8 Å². The Labute approximate surface area is 126 Å². The number of amides is 1. The Kier molecular flexibility index (Phi) is 6.56. The predicted octanol–water partition coefficient (Wildman–Crippen LogP) is 3.33. The number of hydrogen-bond acceptors (Lipinski definition) is 3. The highest BCUT2D eigenvalue weighted by Crippen LogP contribution is 2.23. The minimum Gasteiger partial charge on any atom is -0.393 e. The second-order valence-corrected chi connectivity index (χ2v) is 7.16. The molecule has 0 aliphatic heterocycles. The third-order valence-electron chi connectivity index (χ3n) is 3.13. The van der Waals surface area contributed by atoms with Gasteiger partial charge in [0.15, 0.2) is 0 Å². The van der Waals surface area contributed by atoms with E-state index >= 15 is 0 Å². The van der Waals surface area contributed by atoms with Crippen molar-refractivity contribution in [3.05, 3.63) is 29.8 Å². The van der Waals surface area contributed by atoms with Crippen LogP contribution >= 0.6 is 11.8 Å². The first-order valence-electron chi connectivity index (χ1n) is 7.04. The van der Waals surface area contributed by atoms with Crippen LogP contribution in [0.4, 0.5) is 0 Å². The first kappa shape index (κ1) is 17.1. The molecule has 3 nitrogen and oxygen atoms in total. The molecule has 0 saturated carbocycles. The van der Waals surface area contributed by atoms with Crippen molar-refractivity contribution in [1.29, 1.82) is 0 Å². The molecule has 1 aromatic carbocycles. The molecule has 0 aromatic heterocycles. The van der Waals surface area contributed by atoms with Crippen LogP contribution in [0.2, 0.25) is 0 Å². The molecule has 0 bridgehead atoms. The van der Waals surface area contributed by atoms with E-state index in [1.165, 1.54) is 0 Å². The number of carbonyl (C=O) groups excluding carboxylic acids is 1. The van der Waals surface area contributed by atoms with Gasteiger partial charge in [-0.05, 0) is 29.7 Å². The van der Waals surface area contributed by atoms with E-state index in [0.29, 0.717) is 18.5 Å². The molecule has 4 heteroatoms. The zero-order valence-corrected chi connectivity index (χ0v) is 13.6. The molecule has 0 radical (unpaired) electrons. The van der Waals surface area contributed by atoms with Crippen molar-refractivity contribution >= 4 is 17.7 Å². The SMILES string of the molecule is CCSc1ccccc1C(=O)NCCC(O)C(C)(C)C. The van der Waals surface area contributed by atoms with Gasteiger partial charge in [-0.3, -0.25) is 4.79 Å². The Morgan fingerprint density at radius 1 is 1.35 bits per heavy atom. The second-order valence-electron chi connectivity index (χ2n) is 5.86. The maximum atomic E-state index is 12.2. The number of carbonyl (C=O) groups is 1. The van der Waals surface area contributed by atoms with Crippen molar-refractivity contribution < 1.29 is 9.90 Å². The Morgan fingerprint density at radius 3 is 2.60 bits per heavy atom. The lowest BCUT2D eigenvalue weighted by atomic mass is 9.87. The van der Waals surface area contributed by atoms with Gasteiger partial charge in [-0.25, -0.2) is 0 Å². The van der Waals surface area contributed by atoms with Crippen molar-refractivity contribution in [2.75, 3.05) is 12.3 Å². The smallest absolute Gasteiger partial charge is 0.252 e. The zero-order chi connectivity index (χ0) is 15.2. The lowest BCUT2D eigenvalue weighted by Gasteiger charge is -2.25. The molecule has 0 aliphatic carbocycles. The summed E-state index contributed by atoms with van der Waals surface area (Å²) in [4.78, 5) is 13.2. The van der Waals surface area contributed by atoms with Crippen molar-refractivity contribution in [2.45, 2.75) is 45.1 Å². The fourth-order valence-electron chi connectivity index (χ4n) is 1.79. The molecule has 0 heterocycles. The summed E-state index contributed by atoms with van der Waals surface area (Å²) >= 11 is 1.66. The van der Waals surface area contributed by atoms with Crippen LogP contribution < -0.4 is 5.32 Å². The Hall–Kier alpha value is -1.00. The molecule has 1 unspecified atom stereocenters. The topological polar surface area (TPSA) is 49.3 Å². The highest BCUT2D eigenvalue weighted by molar-refractivity contribution is 7.99. The number of thioether (sulfide) groups is 1. The van der Waals surface area contributed by atoms with Gasteiger partial charge in [-0.15, -0.1) is 11.8 Å². The fourth-order valence-corrected chi connectivity index (χ4v) is 2.59. The largest absolute Gasteiger partial charge is 0.393 e. The maximum Gasteiger partial charge on any atom is 0.252 e. The average Bonchev–Trinajstić information content (AvgIpc) is 2.38. The summed E-state index contributed by atoms with van der Waals surface area (Å²) < 4.78 is 0. The third kappa shape index (κ3) is 5.17. The summed E-state index contributed by atoms with van der Waals surface area (Å²) in [6, 6.07) is 7.62. The summed E-state index contributed by atoms with van der Waals surface area (Å²) in [6.07, 6.45) is 0.154. The molecule has 1 atom stereocenters. The number of rotatable bonds is 6. The summed E-state index contributed by atoms with van der Waals surface area (Å²) in [6.45, 7) is 8.54. The van der Waals surface area contributed by atoms with E-state index in [1.807, 2.05) is 45.0 Å². The molecule has 1 aromatic rings. The molecular formula is C16H25NO2S. The lowest BCUT2D eigenvalue weighted by molar-refractivity contribution is 0.0551. The van der Waals surface area contributed by atoms with Gasteiger partial charge in [0.25, 0.3) is 5.91 Å². The van der Waals surface area contributed by atoms with Crippen LogP contribution in [0.15, 0.2) is 29.2 Å². The van der Waals surface area contributed by atoms with Crippen molar-refractivity contribution in [3.63, 3.8) is 0 Å². The summed E-state index contributed by atoms with van der Waals surface area (Å²) in [7, 11) is 0. The molecule has 20 heavy (non-hydrogen) atoms. The van der Waals surface area contributed by atoms with Crippen LogP contribution in [-0.2, 0) is 0 Å². The van der Waals surface area contributed by atoms with Crippen LogP contribution in [0.25, 0.3) is 0 Å². The zero-order valence-electron chi connectivity index (χ0n) is 12.8. The van der Waals surface area contributed by atoms with Crippen LogP contribution in [0.1, 0.15) is 44.5 Å². The number of aliphatic hydroxyl groups excluding tert-OH is 1. The van der Waals surface area contributed by atoms with Crippen LogP contribution in [0, 0.1) is 5.41 Å². The first-order chi connectivity index (χ1) is 9.36. The van der Waals surface area contributed by atoms with E-state index in [2.05, 4.69) is 12.2 Å². The van der Waals surface area contributed by atoms with Crippen molar-refractivity contribution in [3.8, 4) is 0 Å². The third-order valence-corrected chi connectivity index (χ3v) is 4.09. The number of aliphatic hydroxyl groups is 1. The Morgan fingerprint density at radius 2 is 2.00 bits per heavy atom. The minimum absolute atomic E-state index is 0.0670. The molecule has 1 amide bonds. The maximum absolute atomic E-state index is 12.2. The molecule has 0 spiro atoms. The number of benzene rings is 1. The average molecular weight is 295 g/mol. The number of nitrogens with one attached hydrogen (secondary N) is 1. The van der Waals surface area contributed by atoms with Crippen LogP contribution in [-0.4, -0.2) is 29.4 Å². The quantitative estimate of drug-likeness (QED) is 0.792. The van der Waals surface area contributed by atoms with E-state index in [4.69, 9.17) is 0 Å². The molecule has 2 N–H and O–H groups in total. The molecular weight excluding hydrogens is 270 g/mol. The van der Waals surface area contributed by atoms with Gasteiger partial charge in [0.05, 0.1) is 11.7 Å². The summed E-state index contributed by atoms with van der Waals surface area (Å²) in [5.74, 6) is 0.871. The second kappa shape index (κ2) is 7.70. The normalized spacial score (nSPS) is 13.1. The van der Waals surface area contributed by atoms with Crippen molar-refractivity contribution in [1.82, 2.24) is 5.32 Å². The summed E-state index contributed by atoms with van der Waals surface area (Å²) in [5, 5.41) is 12.8. The van der Waals surface area contributed by atoms with Gasteiger partial charge in [0.1, 0.15) is 0 Å².